The third-order valence-corrected chi connectivity index (χ3v) is 4.33. The van der Waals surface area contributed by atoms with Gasteiger partial charge in [0.05, 0.1) is 18.3 Å². The molecular formula is C15H18F2O3. The molecule has 1 aromatic carbocycles. The molecule has 0 radical (unpaired) electrons. The summed E-state index contributed by atoms with van der Waals surface area (Å²) in [6.45, 7) is 1.79. The van der Waals surface area contributed by atoms with Gasteiger partial charge in [0.15, 0.2) is 11.6 Å². The van der Waals surface area contributed by atoms with E-state index >= 15 is 0 Å². The molecule has 3 atom stereocenters. The summed E-state index contributed by atoms with van der Waals surface area (Å²) in [5.74, 6) is -1.84. The summed E-state index contributed by atoms with van der Waals surface area (Å²) < 4.78 is 37.4. The fourth-order valence-corrected chi connectivity index (χ4v) is 3.17. The van der Waals surface area contributed by atoms with Crippen LogP contribution in [0.4, 0.5) is 8.78 Å². The zero-order chi connectivity index (χ0) is 14.2. The van der Waals surface area contributed by atoms with Gasteiger partial charge in [0, 0.05) is 19.6 Å². The highest BCUT2D eigenvalue weighted by Crippen LogP contribution is 2.41. The zero-order valence-electron chi connectivity index (χ0n) is 11.1. The summed E-state index contributed by atoms with van der Waals surface area (Å²) in [4.78, 5) is 0. The molecule has 20 heavy (non-hydrogen) atoms. The van der Waals surface area contributed by atoms with Crippen molar-refractivity contribution in [3.8, 4) is 0 Å². The van der Waals surface area contributed by atoms with E-state index in [4.69, 9.17) is 9.47 Å². The van der Waals surface area contributed by atoms with Gasteiger partial charge in [0.25, 0.3) is 0 Å². The maximum absolute atomic E-state index is 13.3. The van der Waals surface area contributed by atoms with Gasteiger partial charge < -0.3 is 14.6 Å². The molecule has 3 rings (SSSR count). The van der Waals surface area contributed by atoms with Crippen molar-refractivity contribution < 1.29 is 23.4 Å². The minimum Gasteiger partial charge on any atom is -0.388 e. The molecule has 2 fully saturated rings. The summed E-state index contributed by atoms with van der Waals surface area (Å²) in [5.41, 5.74) is 0.118. The molecule has 110 valence electrons. The first kappa shape index (κ1) is 13.9. The van der Waals surface area contributed by atoms with E-state index < -0.39 is 17.7 Å². The van der Waals surface area contributed by atoms with Crippen molar-refractivity contribution >= 4 is 0 Å². The first-order valence-corrected chi connectivity index (χ1v) is 6.94. The maximum atomic E-state index is 13.3. The van der Waals surface area contributed by atoms with Crippen molar-refractivity contribution in [2.24, 2.45) is 5.92 Å². The summed E-state index contributed by atoms with van der Waals surface area (Å²) in [5, 5.41) is 10.4. The molecule has 1 aromatic rings. The SMILES string of the molecule is OC(c1ccc(F)c(F)c1)C1CCOC2(CCOC2)C1. The van der Waals surface area contributed by atoms with Crippen LogP contribution < -0.4 is 0 Å². The molecule has 0 aliphatic carbocycles. The smallest absolute Gasteiger partial charge is 0.159 e. The molecule has 2 saturated heterocycles. The Balaban J connectivity index is 1.75. The quantitative estimate of drug-likeness (QED) is 0.907. The number of halogens is 2. The third-order valence-electron chi connectivity index (χ3n) is 4.33. The molecular weight excluding hydrogens is 266 g/mol. The number of benzene rings is 1. The van der Waals surface area contributed by atoms with Crippen LogP contribution >= 0.6 is 0 Å². The van der Waals surface area contributed by atoms with Gasteiger partial charge in [0.2, 0.25) is 0 Å². The lowest BCUT2D eigenvalue weighted by atomic mass is 9.80. The van der Waals surface area contributed by atoms with E-state index in [9.17, 15) is 13.9 Å². The topological polar surface area (TPSA) is 38.7 Å². The van der Waals surface area contributed by atoms with Crippen molar-refractivity contribution in [2.75, 3.05) is 19.8 Å². The molecule has 5 heteroatoms. The Morgan fingerprint density at radius 3 is 2.80 bits per heavy atom. The number of ether oxygens (including phenoxy) is 2. The lowest BCUT2D eigenvalue weighted by Gasteiger charge is -2.39. The Kier molecular flexibility index (Phi) is 3.75. The van der Waals surface area contributed by atoms with Crippen molar-refractivity contribution in [1.29, 1.82) is 0 Å². The van der Waals surface area contributed by atoms with Crippen LogP contribution in [0.2, 0.25) is 0 Å². The summed E-state index contributed by atoms with van der Waals surface area (Å²) in [6.07, 6.45) is 1.43. The maximum Gasteiger partial charge on any atom is 0.159 e. The fourth-order valence-electron chi connectivity index (χ4n) is 3.17. The van der Waals surface area contributed by atoms with Crippen LogP contribution in [0.3, 0.4) is 0 Å². The van der Waals surface area contributed by atoms with Gasteiger partial charge in [-0.15, -0.1) is 0 Å². The van der Waals surface area contributed by atoms with Crippen LogP contribution in [-0.4, -0.2) is 30.5 Å². The van der Waals surface area contributed by atoms with Crippen LogP contribution in [0, 0.1) is 17.6 Å². The average Bonchev–Trinajstić information content (AvgIpc) is 2.89. The second-order valence-corrected chi connectivity index (χ2v) is 5.71. The zero-order valence-corrected chi connectivity index (χ0v) is 11.1. The predicted molar refractivity (Wildman–Crippen MR) is 68.2 cm³/mol. The number of aliphatic hydroxyl groups excluding tert-OH is 1. The van der Waals surface area contributed by atoms with Crippen LogP contribution in [-0.2, 0) is 9.47 Å². The summed E-state index contributed by atoms with van der Waals surface area (Å²) in [6, 6.07) is 3.57. The van der Waals surface area contributed by atoms with Gasteiger partial charge >= 0.3 is 0 Å². The van der Waals surface area contributed by atoms with Crippen LogP contribution in [0.5, 0.6) is 0 Å². The molecule has 0 saturated carbocycles. The molecule has 3 unspecified atom stereocenters. The van der Waals surface area contributed by atoms with E-state index in [0.717, 1.165) is 18.6 Å². The highest BCUT2D eigenvalue weighted by molar-refractivity contribution is 5.21. The number of hydrogen-bond acceptors (Lipinski definition) is 3. The van der Waals surface area contributed by atoms with E-state index in [-0.39, 0.29) is 11.5 Å². The largest absolute Gasteiger partial charge is 0.388 e. The van der Waals surface area contributed by atoms with E-state index in [1.165, 1.54) is 6.07 Å². The monoisotopic (exact) mass is 284 g/mol. The van der Waals surface area contributed by atoms with Gasteiger partial charge in [-0.2, -0.15) is 0 Å². The van der Waals surface area contributed by atoms with Crippen LogP contribution in [0.25, 0.3) is 0 Å². The molecule has 0 amide bonds. The molecule has 1 spiro atoms. The Hall–Kier alpha value is -1.04. The van der Waals surface area contributed by atoms with Gasteiger partial charge in [0.1, 0.15) is 0 Å². The standard InChI is InChI=1S/C15H18F2O3/c16-12-2-1-10(7-13(12)17)14(18)11-3-5-20-15(8-11)4-6-19-9-15/h1-2,7,11,14,18H,3-6,8-9H2. The lowest BCUT2D eigenvalue weighted by Crippen LogP contribution is -2.41. The van der Waals surface area contributed by atoms with Gasteiger partial charge in [-0.1, -0.05) is 6.07 Å². The predicted octanol–water partition coefficient (Wildman–Crippen LogP) is 2.58. The van der Waals surface area contributed by atoms with Crippen molar-refractivity contribution in [2.45, 2.75) is 31.0 Å². The van der Waals surface area contributed by atoms with Crippen molar-refractivity contribution in [3.63, 3.8) is 0 Å². The summed E-state index contributed by atoms with van der Waals surface area (Å²) in [7, 11) is 0. The Morgan fingerprint density at radius 1 is 1.25 bits per heavy atom. The Bertz CT molecular complexity index is 486. The number of aliphatic hydroxyl groups is 1. The molecule has 2 heterocycles. The van der Waals surface area contributed by atoms with Crippen molar-refractivity contribution in [1.82, 2.24) is 0 Å². The van der Waals surface area contributed by atoms with Gasteiger partial charge in [-0.05, 0) is 36.5 Å². The molecule has 2 aliphatic rings. The molecule has 3 nitrogen and oxygen atoms in total. The van der Waals surface area contributed by atoms with Gasteiger partial charge in [-0.25, -0.2) is 8.78 Å². The van der Waals surface area contributed by atoms with Crippen molar-refractivity contribution in [3.05, 3.63) is 35.4 Å². The first-order chi connectivity index (χ1) is 9.60. The Labute approximate surface area is 116 Å². The number of rotatable bonds is 2. The van der Waals surface area contributed by atoms with Crippen LogP contribution in [0.1, 0.15) is 30.9 Å². The summed E-state index contributed by atoms with van der Waals surface area (Å²) >= 11 is 0. The van der Waals surface area contributed by atoms with E-state index in [2.05, 4.69) is 0 Å². The fraction of sp³-hybridized carbons (Fsp3) is 0.600. The lowest BCUT2D eigenvalue weighted by molar-refractivity contribution is -0.117. The molecule has 0 bridgehead atoms. The highest BCUT2D eigenvalue weighted by Gasteiger charge is 2.43. The van der Waals surface area contributed by atoms with E-state index in [0.29, 0.717) is 38.2 Å². The molecule has 2 aliphatic heterocycles. The average molecular weight is 284 g/mol. The van der Waals surface area contributed by atoms with Gasteiger partial charge in [-0.3, -0.25) is 0 Å². The molecule has 1 N–H and O–H groups in total. The second-order valence-electron chi connectivity index (χ2n) is 5.71. The minimum absolute atomic E-state index is 0.0182. The molecule has 0 aromatic heterocycles. The van der Waals surface area contributed by atoms with E-state index in [1.54, 1.807) is 0 Å². The second kappa shape index (κ2) is 5.39. The van der Waals surface area contributed by atoms with Crippen LogP contribution in [0.15, 0.2) is 18.2 Å². The highest BCUT2D eigenvalue weighted by atomic mass is 19.2. The third kappa shape index (κ3) is 2.57. The number of hydrogen-bond donors (Lipinski definition) is 1. The first-order valence-electron chi connectivity index (χ1n) is 6.94. The normalized spacial score (nSPS) is 31.6. The minimum atomic E-state index is -0.924. The van der Waals surface area contributed by atoms with E-state index in [1.807, 2.05) is 0 Å². The Morgan fingerprint density at radius 2 is 2.10 bits per heavy atom.